The highest BCUT2D eigenvalue weighted by atomic mass is 79.9. The molecular formula is C12H13BrF3NO2. The van der Waals surface area contributed by atoms with Gasteiger partial charge in [-0.15, -0.1) is 13.2 Å². The van der Waals surface area contributed by atoms with Crippen LogP contribution in [0.3, 0.4) is 0 Å². The fourth-order valence-electron chi connectivity index (χ4n) is 1.34. The van der Waals surface area contributed by atoms with Crippen LogP contribution in [0.5, 0.6) is 5.75 Å². The molecular weight excluding hydrogens is 327 g/mol. The predicted molar refractivity (Wildman–Crippen MR) is 69.4 cm³/mol. The van der Waals surface area contributed by atoms with Gasteiger partial charge in [0.15, 0.2) is 0 Å². The summed E-state index contributed by atoms with van der Waals surface area (Å²) in [4.78, 5) is 11.5. The van der Waals surface area contributed by atoms with Gasteiger partial charge in [-0.3, -0.25) is 4.79 Å². The number of alkyl halides is 4. The van der Waals surface area contributed by atoms with Crippen molar-refractivity contribution in [2.75, 3.05) is 10.6 Å². The van der Waals surface area contributed by atoms with Gasteiger partial charge in [-0.25, -0.2) is 0 Å². The molecule has 0 atom stereocenters. The van der Waals surface area contributed by atoms with Crippen LogP contribution in [-0.2, 0) is 4.79 Å². The van der Waals surface area contributed by atoms with Gasteiger partial charge in [-0.2, -0.15) is 0 Å². The normalized spacial score (nSPS) is 11.2. The van der Waals surface area contributed by atoms with Crippen LogP contribution < -0.4 is 10.1 Å². The molecule has 106 valence electrons. The van der Waals surface area contributed by atoms with Gasteiger partial charge < -0.3 is 10.1 Å². The number of carbonyl (C=O) groups is 1. The molecule has 7 heteroatoms. The van der Waals surface area contributed by atoms with E-state index in [-0.39, 0.29) is 11.7 Å². The Morgan fingerprint density at radius 3 is 2.37 bits per heavy atom. The smallest absolute Gasteiger partial charge is 0.406 e. The van der Waals surface area contributed by atoms with Gasteiger partial charge in [0.05, 0.1) is 0 Å². The molecule has 1 amide bonds. The number of rotatable bonds is 6. The number of unbranched alkanes of at least 4 members (excludes halogenated alkanes) is 1. The lowest BCUT2D eigenvalue weighted by Crippen LogP contribution is -2.17. The highest BCUT2D eigenvalue weighted by Gasteiger charge is 2.30. The van der Waals surface area contributed by atoms with Crippen LogP contribution in [-0.4, -0.2) is 17.6 Å². The molecule has 3 nitrogen and oxygen atoms in total. The summed E-state index contributed by atoms with van der Waals surface area (Å²) in [5.41, 5.74) is 0.443. The molecule has 1 aromatic carbocycles. The number of anilines is 1. The molecule has 0 aliphatic carbocycles. The third kappa shape index (κ3) is 7.05. The van der Waals surface area contributed by atoms with Crippen molar-refractivity contribution >= 4 is 27.5 Å². The second-order valence-electron chi connectivity index (χ2n) is 3.77. The summed E-state index contributed by atoms with van der Waals surface area (Å²) in [6.07, 6.45) is -2.68. The van der Waals surface area contributed by atoms with Crippen LogP contribution in [0.4, 0.5) is 18.9 Å². The van der Waals surface area contributed by atoms with Gasteiger partial charge in [0.1, 0.15) is 5.75 Å². The molecule has 1 N–H and O–H groups in total. The van der Waals surface area contributed by atoms with E-state index in [1.165, 1.54) is 12.1 Å². The second kappa shape index (κ2) is 7.37. The fourth-order valence-corrected chi connectivity index (χ4v) is 1.74. The molecule has 0 spiro atoms. The van der Waals surface area contributed by atoms with E-state index < -0.39 is 6.36 Å². The topological polar surface area (TPSA) is 38.3 Å². The standard InChI is InChI=1S/C12H13BrF3NO2/c13-8-2-1-3-11(18)17-9-4-6-10(7-5-9)19-12(14,15)16/h4-7H,1-3,8H2,(H,17,18). The first-order valence-corrected chi connectivity index (χ1v) is 6.74. The molecule has 0 heterocycles. The van der Waals surface area contributed by atoms with Crippen LogP contribution >= 0.6 is 15.9 Å². The van der Waals surface area contributed by atoms with Crippen molar-refractivity contribution in [1.82, 2.24) is 0 Å². The Labute approximate surface area is 117 Å². The molecule has 0 radical (unpaired) electrons. The summed E-state index contributed by atoms with van der Waals surface area (Å²) in [5.74, 6) is -0.477. The number of benzene rings is 1. The first-order valence-electron chi connectivity index (χ1n) is 5.62. The second-order valence-corrected chi connectivity index (χ2v) is 4.56. The molecule has 0 saturated heterocycles. The van der Waals surface area contributed by atoms with Crippen LogP contribution in [0.2, 0.25) is 0 Å². The quantitative estimate of drug-likeness (QED) is 0.626. The van der Waals surface area contributed by atoms with E-state index in [4.69, 9.17) is 0 Å². The molecule has 0 aromatic heterocycles. The van der Waals surface area contributed by atoms with E-state index in [0.29, 0.717) is 12.1 Å². The molecule has 19 heavy (non-hydrogen) atoms. The third-order valence-corrected chi connectivity index (χ3v) is 2.72. The number of hydrogen-bond donors (Lipinski definition) is 1. The maximum absolute atomic E-state index is 11.9. The summed E-state index contributed by atoms with van der Waals surface area (Å²) >= 11 is 3.26. The van der Waals surface area contributed by atoms with E-state index in [0.717, 1.165) is 30.3 Å². The van der Waals surface area contributed by atoms with Crippen molar-refractivity contribution in [3.63, 3.8) is 0 Å². The van der Waals surface area contributed by atoms with Gasteiger partial charge in [-0.1, -0.05) is 15.9 Å². The predicted octanol–water partition coefficient (Wildman–Crippen LogP) is 4.09. The van der Waals surface area contributed by atoms with Crippen molar-refractivity contribution < 1.29 is 22.7 Å². The number of hydrogen-bond acceptors (Lipinski definition) is 2. The van der Waals surface area contributed by atoms with Crippen LogP contribution in [0, 0.1) is 0 Å². The number of ether oxygens (including phenoxy) is 1. The van der Waals surface area contributed by atoms with Crippen molar-refractivity contribution in [1.29, 1.82) is 0 Å². The zero-order chi connectivity index (χ0) is 14.3. The monoisotopic (exact) mass is 339 g/mol. The van der Waals surface area contributed by atoms with Crippen molar-refractivity contribution in [2.45, 2.75) is 25.6 Å². The van der Waals surface area contributed by atoms with Gasteiger partial charge in [0.25, 0.3) is 0 Å². The fraction of sp³-hybridized carbons (Fsp3) is 0.417. The van der Waals surface area contributed by atoms with E-state index in [2.05, 4.69) is 26.0 Å². The lowest BCUT2D eigenvalue weighted by Gasteiger charge is -2.09. The van der Waals surface area contributed by atoms with E-state index in [9.17, 15) is 18.0 Å². The number of carbonyl (C=O) groups excluding carboxylic acids is 1. The highest BCUT2D eigenvalue weighted by molar-refractivity contribution is 9.09. The Morgan fingerprint density at radius 1 is 1.21 bits per heavy atom. The van der Waals surface area contributed by atoms with Crippen LogP contribution in [0.15, 0.2) is 24.3 Å². The summed E-state index contributed by atoms with van der Waals surface area (Å²) in [7, 11) is 0. The largest absolute Gasteiger partial charge is 0.573 e. The first-order chi connectivity index (χ1) is 8.90. The molecule has 1 aromatic rings. The van der Waals surface area contributed by atoms with Crippen LogP contribution in [0.1, 0.15) is 19.3 Å². The zero-order valence-electron chi connectivity index (χ0n) is 9.97. The average molecular weight is 340 g/mol. The van der Waals surface area contributed by atoms with Crippen LogP contribution in [0.25, 0.3) is 0 Å². The number of nitrogens with one attached hydrogen (secondary N) is 1. The van der Waals surface area contributed by atoms with Crippen molar-refractivity contribution in [2.24, 2.45) is 0 Å². The molecule has 0 unspecified atom stereocenters. The maximum Gasteiger partial charge on any atom is 0.573 e. The Hall–Kier alpha value is -1.24. The van der Waals surface area contributed by atoms with E-state index in [1.807, 2.05) is 0 Å². The minimum Gasteiger partial charge on any atom is -0.406 e. The van der Waals surface area contributed by atoms with Gasteiger partial charge in [-0.05, 0) is 37.1 Å². The van der Waals surface area contributed by atoms with E-state index in [1.54, 1.807) is 0 Å². The number of halogens is 4. The molecule has 0 saturated carbocycles. The van der Waals surface area contributed by atoms with E-state index >= 15 is 0 Å². The Bertz CT molecular complexity index is 406. The molecule has 0 aliphatic rings. The summed E-state index contributed by atoms with van der Waals surface area (Å²) in [6.45, 7) is 0. The lowest BCUT2D eigenvalue weighted by atomic mass is 10.2. The SMILES string of the molecule is O=C(CCCCBr)Nc1ccc(OC(F)(F)F)cc1. The Balaban J connectivity index is 2.46. The summed E-state index contributed by atoms with van der Waals surface area (Å²) in [6, 6.07) is 5.04. The molecule has 0 fully saturated rings. The highest BCUT2D eigenvalue weighted by Crippen LogP contribution is 2.23. The Morgan fingerprint density at radius 2 is 1.84 bits per heavy atom. The summed E-state index contributed by atoms with van der Waals surface area (Å²) in [5, 5.41) is 3.44. The average Bonchev–Trinajstić information content (AvgIpc) is 2.30. The molecule has 0 aliphatic heterocycles. The summed E-state index contributed by atoms with van der Waals surface area (Å²) < 4.78 is 39.5. The first kappa shape index (κ1) is 15.8. The minimum atomic E-state index is -4.71. The number of amides is 1. The van der Waals surface area contributed by atoms with Gasteiger partial charge >= 0.3 is 6.36 Å². The Kier molecular flexibility index (Phi) is 6.14. The molecule has 1 rings (SSSR count). The van der Waals surface area contributed by atoms with Crippen molar-refractivity contribution in [3.8, 4) is 5.75 Å². The van der Waals surface area contributed by atoms with Gasteiger partial charge in [0, 0.05) is 17.4 Å². The minimum absolute atomic E-state index is 0.162. The third-order valence-electron chi connectivity index (χ3n) is 2.16. The van der Waals surface area contributed by atoms with Crippen molar-refractivity contribution in [3.05, 3.63) is 24.3 Å². The zero-order valence-corrected chi connectivity index (χ0v) is 11.6. The molecule has 0 bridgehead atoms. The lowest BCUT2D eigenvalue weighted by molar-refractivity contribution is -0.274. The maximum atomic E-state index is 11.9. The van der Waals surface area contributed by atoms with Gasteiger partial charge in [0.2, 0.25) is 5.91 Å².